The molecule has 7 heteroatoms. The summed E-state index contributed by atoms with van der Waals surface area (Å²) >= 11 is 0. The van der Waals surface area contributed by atoms with Crippen LogP contribution in [-0.2, 0) is 4.79 Å². The maximum Gasteiger partial charge on any atom is 0.220 e. The maximum atomic E-state index is 12.5. The van der Waals surface area contributed by atoms with E-state index in [9.17, 15) is 4.79 Å². The number of carbonyl (C=O) groups excluding carboxylic acids is 1. The van der Waals surface area contributed by atoms with Gasteiger partial charge in [0.05, 0.1) is 13.2 Å². The number of hydrogen-bond donors (Lipinski definition) is 2. The number of nitrogens with one attached hydrogen (secondary N) is 2. The van der Waals surface area contributed by atoms with E-state index in [2.05, 4.69) is 31.6 Å². The van der Waals surface area contributed by atoms with Gasteiger partial charge in [-0.15, -0.1) is 0 Å². The first-order valence-electron chi connectivity index (χ1n) is 11.4. The van der Waals surface area contributed by atoms with Crippen LogP contribution in [0.4, 0.5) is 11.6 Å². The Kier molecular flexibility index (Phi) is 6.89. The minimum absolute atomic E-state index is 0.0381. The fraction of sp³-hybridized carbons (Fsp3) is 0.542. The Morgan fingerprint density at radius 1 is 1.26 bits per heavy atom. The lowest BCUT2D eigenvalue weighted by molar-refractivity contribution is -0.122. The topological polar surface area (TPSA) is 79.4 Å². The zero-order valence-electron chi connectivity index (χ0n) is 18.5. The normalized spacial score (nSPS) is 19.5. The standard InChI is InChI=1S/C24H33N5O2/c1-17(19-6-3-7-21(13-19)31-2)27-24(30)11-8-18-5-4-12-29(15-18)23-14-22(25-16-26-23)28-20-9-10-20/h3,6-7,13-14,16-18,20H,4-5,8-12,15H2,1-2H3,(H,27,30)(H,25,26,28)/t17-,18-/m1/s1. The van der Waals surface area contributed by atoms with Crippen LogP contribution in [0.5, 0.6) is 5.75 Å². The lowest BCUT2D eigenvalue weighted by Crippen LogP contribution is -2.36. The van der Waals surface area contributed by atoms with E-state index in [1.165, 1.54) is 12.8 Å². The molecule has 166 valence electrons. The van der Waals surface area contributed by atoms with Crippen molar-refractivity contribution >= 4 is 17.5 Å². The quantitative estimate of drug-likeness (QED) is 0.636. The van der Waals surface area contributed by atoms with Gasteiger partial charge >= 0.3 is 0 Å². The van der Waals surface area contributed by atoms with Crippen molar-refractivity contribution in [3.05, 3.63) is 42.2 Å². The molecule has 1 saturated heterocycles. The number of amides is 1. The highest BCUT2D eigenvalue weighted by molar-refractivity contribution is 5.76. The SMILES string of the molecule is COc1cccc([C@@H](C)NC(=O)CC[C@H]2CCCN(c3cc(NC4CC4)ncn3)C2)c1. The van der Waals surface area contributed by atoms with Crippen LogP contribution in [0.1, 0.15) is 57.1 Å². The van der Waals surface area contributed by atoms with Crippen molar-refractivity contribution in [2.75, 3.05) is 30.4 Å². The average Bonchev–Trinajstić information content (AvgIpc) is 3.62. The summed E-state index contributed by atoms with van der Waals surface area (Å²) in [5, 5.41) is 6.57. The molecule has 7 nitrogen and oxygen atoms in total. The molecule has 2 heterocycles. The molecule has 0 spiro atoms. The maximum absolute atomic E-state index is 12.5. The van der Waals surface area contributed by atoms with E-state index < -0.39 is 0 Å². The Bertz CT molecular complexity index is 886. The van der Waals surface area contributed by atoms with E-state index in [1.807, 2.05) is 31.2 Å². The number of aromatic nitrogens is 2. The molecular formula is C24H33N5O2. The molecule has 2 aliphatic rings. The molecule has 2 aromatic rings. The first-order chi connectivity index (χ1) is 15.1. The van der Waals surface area contributed by atoms with Crippen molar-refractivity contribution < 1.29 is 9.53 Å². The van der Waals surface area contributed by atoms with Gasteiger partial charge in [-0.25, -0.2) is 9.97 Å². The summed E-state index contributed by atoms with van der Waals surface area (Å²) in [6.45, 7) is 3.96. The molecule has 1 aliphatic carbocycles. The van der Waals surface area contributed by atoms with Gasteiger partial charge in [0, 0.05) is 31.6 Å². The predicted octanol–water partition coefficient (Wildman–Crippen LogP) is 3.93. The van der Waals surface area contributed by atoms with Crippen LogP contribution in [0.25, 0.3) is 0 Å². The molecule has 1 saturated carbocycles. The number of benzene rings is 1. The lowest BCUT2D eigenvalue weighted by Gasteiger charge is -2.33. The number of anilines is 2. The van der Waals surface area contributed by atoms with Gasteiger partial charge < -0.3 is 20.3 Å². The van der Waals surface area contributed by atoms with Gasteiger partial charge in [0.15, 0.2) is 0 Å². The molecule has 1 aromatic heterocycles. The summed E-state index contributed by atoms with van der Waals surface area (Å²) < 4.78 is 5.28. The Balaban J connectivity index is 1.26. The fourth-order valence-electron chi connectivity index (χ4n) is 4.19. The monoisotopic (exact) mass is 423 g/mol. The molecule has 2 N–H and O–H groups in total. The van der Waals surface area contributed by atoms with Crippen LogP contribution >= 0.6 is 0 Å². The highest BCUT2D eigenvalue weighted by atomic mass is 16.5. The minimum atomic E-state index is -0.0381. The molecule has 2 fully saturated rings. The van der Waals surface area contributed by atoms with Crippen LogP contribution < -0.4 is 20.3 Å². The van der Waals surface area contributed by atoms with Gasteiger partial charge in [0.1, 0.15) is 23.7 Å². The van der Waals surface area contributed by atoms with E-state index >= 15 is 0 Å². The molecule has 0 radical (unpaired) electrons. The van der Waals surface area contributed by atoms with Crippen LogP contribution in [0.15, 0.2) is 36.7 Å². The van der Waals surface area contributed by atoms with E-state index in [1.54, 1.807) is 13.4 Å². The number of ether oxygens (including phenoxy) is 1. The number of methoxy groups -OCH3 is 1. The van der Waals surface area contributed by atoms with Gasteiger partial charge in [-0.05, 0) is 62.6 Å². The van der Waals surface area contributed by atoms with E-state index in [-0.39, 0.29) is 11.9 Å². The summed E-state index contributed by atoms with van der Waals surface area (Å²) in [5.41, 5.74) is 1.05. The van der Waals surface area contributed by atoms with Crippen LogP contribution in [0.2, 0.25) is 0 Å². The Hall–Kier alpha value is -2.83. The second kappa shape index (κ2) is 9.98. The zero-order valence-corrected chi connectivity index (χ0v) is 18.5. The van der Waals surface area contributed by atoms with Crippen molar-refractivity contribution in [1.29, 1.82) is 0 Å². The zero-order chi connectivity index (χ0) is 21.6. The third-order valence-corrected chi connectivity index (χ3v) is 6.18. The van der Waals surface area contributed by atoms with Gasteiger partial charge in [-0.2, -0.15) is 0 Å². The van der Waals surface area contributed by atoms with Gasteiger partial charge in [0.2, 0.25) is 5.91 Å². The van der Waals surface area contributed by atoms with Crippen molar-refractivity contribution in [3.8, 4) is 5.75 Å². The molecule has 1 aliphatic heterocycles. The smallest absolute Gasteiger partial charge is 0.220 e. The summed E-state index contributed by atoms with van der Waals surface area (Å²) in [7, 11) is 1.65. The van der Waals surface area contributed by atoms with Crippen molar-refractivity contribution in [3.63, 3.8) is 0 Å². The van der Waals surface area contributed by atoms with Crippen LogP contribution in [-0.4, -0.2) is 42.1 Å². The molecule has 0 unspecified atom stereocenters. The molecule has 4 rings (SSSR count). The summed E-state index contributed by atoms with van der Waals surface area (Å²) in [6, 6.07) is 10.4. The summed E-state index contributed by atoms with van der Waals surface area (Å²) in [4.78, 5) is 23.7. The first kappa shape index (κ1) is 21.4. The highest BCUT2D eigenvalue weighted by Gasteiger charge is 2.24. The Labute approximate surface area is 184 Å². The van der Waals surface area contributed by atoms with E-state index in [0.717, 1.165) is 55.3 Å². The van der Waals surface area contributed by atoms with E-state index in [0.29, 0.717) is 18.4 Å². The predicted molar refractivity (Wildman–Crippen MR) is 122 cm³/mol. The third kappa shape index (κ3) is 6.09. The Morgan fingerprint density at radius 3 is 2.94 bits per heavy atom. The first-order valence-corrected chi connectivity index (χ1v) is 11.4. The molecule has 31 heavy (non-hydrogen) atoms. The number of nitrogens with zero attached hydrogens (tertiary/aromatic N) is 3. The number of rotatable bonds is 9. The van der Waals surface area contributed by atoms with Crippen LogP contribution in [0, 0.1) is 5.92 Å². The summed E-state index contributed by atoms with van der Waals surface area (Å²) in [5.74, 6) is 3.31. The van der Waals surface area contributed by atoms with Gasteiger partial charge in [-0.1, -0.05) is 12.1 Å². The van der Waals surface area contributed by atoms with Crippen LogP contribution in [0.3, 0.4) is 0 Å². The molecule has 2 atom stereocenters. The summed E-state index contributed by atoms with van der Waals surface area (Å²) in [6.07, 6.45) is 7.83. The second-order valence-corrected chi connectivity index (χ2v) is 8.74. The molecular weight excluding hydrogens is 390 g/mol. The minimum Gasteiger partial charge on any atom is -0.497 e. The third-order valence-electron chi connectivity index (χ3n) is 6.18. The lowest BCUT2D eigenvalue weighted by atomic mass is 9.93. The molecule has 1 aromatic carbocycles. The van der Waals surface area contributed by atoms with Gasteiger partial charge in [-0.3, -0.25) is 4.79 Å². The van der Waals surface area contributed by atoms with Gasteiger partial charge in [0.25, 0.3) is 0 Å². The van der Waals surface area contributed by atoms with Crippen molar-refractivity contribution in [2.24, 2.45) is 5.92 Å². The number of carbonyl (C=O) groups is 1. The fourth-order valence-corrected chi connectivity index (χ4v) is 4.19. The van der Waals surface area contributed by atoms with Crippen molar-refractivity contribution in [1.82, 2.24) is 15.3 Å². The second-order valence-electron chi connectivity index (χ2n) is 8.74. The molecule has 0 bridgehead atoms. The Morgan fingerprint density at radius 2 is 2.13 bits per heavy atom. The van der Waals surface area contributed by atoms with E-state index in [4.69, 9.17) is 4.74 Å². The average molecular weight is 424 g/mol. The highest BCUT2D eigenvalue weighted by Crippen LogP contribution is 2.28. The van der Waals surface area contributed by atoms with Crippen molar-refractivity contribution in [2.45, 2.75) is 57.5 Å². The number of piperidine rings is 1. The number of hydrogen-bond acceptors (Lipinski definition) is 6. The largest absolute Gasteiger partial charge is 0.497 e. The molecule has 1 amide bonds.